The molecule has 1 saturated heterocycles. The molecule has 0 atom stereocenters. The van der Waals surface area contributed by atoms with E-state index in [1.807, 2.05) is 48.5 Å². The number of amides is 2. The van der Waals surface area contributed by atoms with E-state index < -0.39 is 0 Å². The summed E-state index contributed by atoms with van der Waals surface area (Å²) >= 11 is 0. The van der Waals surface area contributed by atoms with Gasteiger partial charge in [-0.15, -0.1) is 0 Å². The lowest BCUT2D eigenvalue weighted by Gasteiger charge is -2.31. The lowest BCUT2D eigenvalue weighted by atomic mass is 9.95. The van der Waals surface area contributed by atoms with Crippen LogP contribution in [-0.4, -0.2) is 39.5 Å². The number of benzene rings is 3. The molecule has 2 amide bonds. The van der Waals surface area contributed by atoms with E-state index >= 15 is 0 Å². The average Bonchev–Trinajstić information content (AvgIpc) is 2.85. The molecule has 0 unspecified atom stereocenters. The number of carbonyl (C=O) groups is 2. The Hall–Kier alpha value is -4.00. The van der Waals surface area contributed by atoms with Gasteiger partial charge in [-0.2, -0.15) is 0 Å². The standard InChI is InChI=1S/C25H22N4O3/c30-23(27-29-16-26-22-11-4-3-9-21(22)25(29)32)18-12-14-28(15-13-18)24(31)20-10-5-7-17-6-1-2-8-19(17)20/h1-11,16,18H,12-15H2,(H,27,30). The summed E-state index contributed by atoms with van der Waals surface area (Å²) < 4.78 is 1.14. The third-order valence-electron chi connectivity index (χ3n) is 6.07. The van der Waals surface area contributed by atoms with Crippen molar-refractivity contribution in [2.75, 3.05) is 18.5 Å². The third kappa shape index (κ3) is 3.62. The van der Waals surface area contributed by atoms with Gasteiger partial charge >= 0.3 is 0 Å². The molecule has 0 radical (unpaired) electrons. The number of carbonyl (C=O) groups excluding carboxylic acids is 2. The second-order valence-corrected chi connectivity index (χ2v) is 8.01. The van der Waals surface area contributed by atoms with E-state index in [4.69, 9.17) is 0 Å². The fourth-order valence-electron chi connectivity index (χ4n) is 4.29. The number of rotatable bonds is 3. The number of aromatic nitrogens is 2. The van der Waals surface area contributed by atoms with Crippen LogP contribution in [0.5, 0.6) is 0 Å². The monoisotopic (exact) mass is 426 g/mol. The molecule has 0 spiro atoms. The molecular formula is C25H22N4O3. The Bertz CT molecular complexity index is 1380. The molecule has 1 aliphatic heterocycles. The number of hydrogen-bond donors (Lipinski definition) is 1. The van der Waals surface area contributed by atoms with Crippen LogP contribution in [0.2, 0.25) is 0 Å². The molecule has 1 aromatic heterocycles. The number of nitrogens with one attached hydrogen (secondary N) is 1. The Kier molecular flexibility index (Phi) is 5.15. The van der Waals surface area contributed by atoms with Crippen molar-refractivity contribution in [3.05, 3.63) is 89.0 Å². The molecule has 2 heterocycles. The highest BCUT2D eigenvalue weighted by atomic mass is 16.2. The Labute approximate surface area is 184 Å². The van der Waals surface area contributed by atoms with Gasteiger partial charge in [0.25, 0.3) is 11.5 Å². The second kappa shape index (κ2) is 8.26. The smallest absolute Gasteiger partial charge is 0.280 e. The average molecular weight is 426 g/mol. The molecule has 3 aromatic carbocycles. The van der Waals surface area contributed by atoms with Gasteiger partial charge in [0.15, 0.2) is 0 Å². The van der Waals surface area contributed by atoms with Crippen LogP contribution in [0.4, 0.5) is 0 Å². The summed E-state index contributed by atoms with van der Waals surface area (Å²) in [5.41, 5.74) is 3.63. The first kappa shape index (κ1) is 19.9. The van der Waals surface area contributed by atoms with E-state index in [2.05, 4.69) is 10.4 Å². The first-order chi connectivity index (χ1) is 15.6. The van der Waals surface area contributed by atoms with Gasteiger partial charge in [0.2, 0.25) is 5.91 Å². The van der Waals surface area contributed by atoms with E-state index in [9.17, 15) is 14.4 Å². The predicted molar refractivity (Wildman–Crippen MR) is 123 cm³/mol. The van der Waals surface area contributed by atoms with Crippen molar-refractivity contribution in [3.63, 3.8) is 0 Å². The highest BCUT2D eigenvalue weighted by molar-refractivity contribution is 6.07. The van der Waals surface area contributed by atoms with Crippen molar-refractivity contribution in [1.29, 1.82) is 0 Å². The molecule has 1 N–H and O–H groups in total. The van der Waals surface area contributed by atoms with Crippen LogP contribution in [-0.2, 0) is 4.79 Å². The van der Waals surface area contributed by atoms with Gasteiger partial charge in [0.05, 0.1) is 10.9 Å². The topological polar surface area (TPSA) is 84.3 Å². The fraction of sp³-hybridized carbons (Fsp3) is 0.200. The minimum absolute atomic E-state index is 0.0180. The first-order valence-corrected chi connectivity index (χ1v) is 10.7. The zero-order valence-electron chi connectivity index (χ0n) is 17.4. The molecule has 1 aliphatic rings. The third-order valence-corrected chi connectivity index (χ3v) is 6.07. The molecule has 0 bridgehead atoms. The summed E-state index contributed by atoms with van der Waals surface area (Å²) in [4.78, 5) is 44.5. The minimum Gasteiger partial charge on any atom is -0.339 e. The van der Waals surface area contributed by atoms with E-state index in [1.165, 1.54) is 6.33 Å². The fourth-order valence-corrected chi connectivity index (χ4v) is 4.29. The van der Waals surface area contributed by atoms with Crippen molar-refractivity contribution in [3.8, 4) is 0 Å². The van der Waals surface area contributed by atoms with Crippen LogP contribution >= 0.6 is 0 Å². The molecule has 1 fully saturated rings. The molecule has 7 heteroatoms. The Morgan fingerprint density at radius 2 is 1.56 bits per heavy atom. The van der Waals surface area contributed by atoms with E-state index in [1.54, 1.807) is 23.1 Å². The van der Waals surface area contributed by atoms with Crippen molar-refractivity contribution in [2.45, 2.75) is 12.8 Å². The highest BCUT2D eigenvalue weighted by Crippen LogP contribution is 2.24. The lowest BCUT2D eigenvalue weighted by molar-refractivity contribution is -0.122. The normalized spacial score (nSPS) is 14.6. The summed E-state index contributed by atoms with van der Waals surface area (Å²) in [5.74, 6) is -0.526. The quantitative estimate of drug-likeness (QED) is 0.545. The molecule has 0 aliphatic carbocycles. The van der Waals surface area contributed by atoms with Gasteiger partial charge in [-0.3, -0.25) is 19.8 Å². The van der Waals surface area contributed by atoms with Gasteiger partial charge in [0.1, 0.15) is 6.33 Å². The van der Waals surface area contributed by atoms with Crippen LogP contribution < -0.4 is 11.0 Å². The van der Waals surface area contributed by atoms with Crippen LogP contribution in [0.25, 0.3) is 21.7 Å². The van der Waals surface area contributed by atoms with Crippen LogP contribution in [0, 0.1) is 5.92 Å². The number of nitrogens with zero attached hydrogens (tertiary/aromatic N) is 3. The van der Waals surface area contributed by atoms with Gasteiger partial charge in [-0.05, 0) is 41.8 Å². The minimum atomic E-state index is -0.312. The summed E-state index contributed by atoms with van der Waals surface area (Å²) in [6.07, 6.45) is 2.41. The molecule has 5 rings (SSSR count). The largest absolute Gasteiger partial charge is 0.339 e. The van der Waals surface area contributed by atoms with Crippen LogP contribution in [0.3, 0.4) is 0 Å². The number of piperidine rings is 1. The maximum Gasteiger partial charge on any atom is 0.280 e. The molecule has 7 nitrogen and oxygen atoms in total. The van der Waals surface area contributed by atoms with Crippen LogP contribution in [0.1, 0.15) is 23.2 Å². The van der Waals surface area contributed by atoms with Gasteiger partial charge in [-0.1, -0.05) is 48.5 Å². The van der Waals surface area contributed by atoms with Crippen molar-refractivity contribution in [2.24, 2.45) is 5.92 Å². The number of fused-ring (bicyclic) bond motifs is 2. The molecule has 32 heavy (non-hydrogen) atoms. The van der Waals surface area contributed by atoms with Gasteiger partial charge in [0, 0.05) is 24.6 Å². The molecular weight excluding hydrogens is 404 g/mol. The number of hydrogen-bond acceptors (Lipinski definition) is 4. The van der Waals surface area contributed by atoms with Gasteiger partial charge < -0.3 is 4.90 Å². The Morgan fingerprint density at radius 1 is 0.875 bits per heavy atom. The summed E-state index contributed by atoms with van der Waals surface area (Å²) in [6, 6.07) is 20.6. The van der Waals surface area contributed by atoms with Crippen molar-refractivity contribution >= 4 is 33.5 Å². The van der Waals surface area contributed by atoms with Gasteiger partial charge in [-0.25, -0.2) is 9.66 Å². The predicted octanol–water partition coefficient (Wildman–Crippen LogP) is 3.17. The zero-order valence-corrected chi connectivity index (χ0v) is 17.4. The second-order valence-electron chi connectivity index (χ2n) is 8.01. The van der Waals surface area contributed by atoms with Crippen molar-refractivity contribution in [1.82, 2.24) is 14.6 Å². The number of para-hydroxylation sites is 1. The summed E-state index contributed by atoms with van der Waals surface area (Å²) in [7, 11) is 0. The lowest BCUT2D eigenvalue weighted by Crippen LogP contribution is -2.44. The summed E-state index contributed by atoms with van der Waals surface area (Å²) in [6.45, 7) is 0.982. The van der Waals surface area contributed by atoms with Crippen LogP contribution in [0.15, 0.2) is 77.9 Å². The van der Waals surface area contributed by atoms with E-state index in [0.717, 1.165) is 15.4 Å². The number of likely N-dealkylation sites (tertiary alicyclic amines) is 1. The van der Waals surface area contributed by atoms with E-state index in [0.29, 0.717) is 42.4 Å². The summed E-state index contributed by atoms with van der Waals surface area (Å²) in [5, 5.41) is 2.41. The Balaban J connectivity index is 1.26. The molecule has 0 saturated carbocycles. The van der Waals surface area contributed by atoms with Crippen molar-refractivity contribution < 1.29 is 9.59 Å². The first-order valence-electron chi connectivity index (χ1n) is 10.7. The zero-order chi connectivity index (χ0) is 22.1. The maximum absolute atomic E-state index is 13.1. The molecule has 160 valence electrons. The van der Waals surface area contributed by atoms with E-state index in [-0.39, 0.29) is 23.3 Å². The maximum atomic E-state index is 13.1. The SMILES string of the molecule is O=C(Nn1cnc2ccccc2c1=O)C1CCN(C(=O)c2cccc3ccccc23)CC1. The highest BCUT2D eigenvalue weighted by Gasteiger charge is 2.28. The molecule has 4 aromatic rings. The Morgan fingerprint density at radius 3 is 2.38 bits per heavy atom.